The second-order valence-corrected chi connectivity index (χ2v) is 6.62. The standard InChI is InChI=1S/C19H13F3N2S/c20-19(21,22)15-5-2-6-16(10-15)23-18-24-17(11-25-18)14-8-7-12-3-1-4-13(12)9-14/h1-3,5-11H,4H2,(H,23,24). The summed E-state index contributed by atoms with van der Waals surface area (Å²) in [5.41, 5.74) is 4.00. The zero-order valence-corrected chi connectivity index (χ0v) is 13.8. The van der Waals surface area contributed by atoms with E-state index in [9.17, 15) is 13.2 Å². The zero-order valence-electron chi connectivity index (χ0n) is 13.0. The maximum atomic E-state index is 12.8. The Labute approximate surface area is 146 Å². The van der Waals surface area contributed by atoms with Crippen molar-refractivity contribution in [1.82, 2.24) is 4.98 Å². The van der Waals surface area contributed by atoms with Gasteiger partial charge in [0.2, 0.25) is 0 Å². The smallest absolute Gasteiger partial charge is 0.332 e. The first-order valence-corrected chi connectivity index (χ1v) is 8.57. The monoisotopic (exact) mass is 358 g/mol. The van der Waals surface area contributed by atoms with E-state index < -0.39 is 11.7 Å². The predicted octanol–water partition coefficient (Wildman–Crippen LogP) is 6.14. The second-order valence-electron chi connectivity index (χ2n) is 5.76. The Balaban J connectivity index is 1.56. The minimum absolute atomic E-state index is 0.369. The fourth-order valence-corrected chi connectivity index (χ4v) is 3.52. The number of benzene rings is 2. The van der Waals surface area contributed by atoms with Crippen LogP contribution in [0, 0.1) is 0 Å². The molecular weight excluding hydrogens is 345 g/mol. The number of thiazole rings is 1. The molecule has 1 aromatic heterocycles. The number of halogens is 3. The van der Waals surface area contributed by atoms with Crippen LogP contribution < -0.4 is 5.32 Å². The first-order valence-electron chi connectivity index (χ1n) is 7.69. The van der Waals surface area contributed by atoms with Crippen molar-refractivity contribution in [3.63, 3.8) is 0 Å². The Kier molecular flexibility index (Phi) is 3.84. The molecule has 0 unspecified atom stereocenters. The lowest BCUT2D eigenvalue weighted by molar-refractivity contribution is -0.137. The summed E-state index contributed by atoms with van der Waals surface area (Å²) < 4.78 is 38.4. The molecule has 3 aromatic rings. The number of hydrogen-bond donors (Lipinski definition) is 1. The fraction of sp³-hybridized carbons (Fsp3) is 0.105. The van der Waals surface area contributed by atoms with Gasteiger partial charge < -0.3 is 5.32 Å². The summed E-state index contributed by atoms with van der Waals surface area (Å²) in [6.45, 7) is 0. The molecule has 2 aromatic carbocycles. The van der Waals surface area contributed by atoms with Crippen LogP contribution in [-0.2, 0) is 12.6 Å². The van der Waals surface area contributed by atoms with E-state index in [1.54, 1.807) is 6.07 Å². The summed E-state index contributed by atoms with van der Waals surface area (Å²) in [5, 5.41) is 5.42. The number of hydrogen-bond acceptors (Lipinski definition) is 3. The van der Waals surface area contributed by atoms with Gasteiger partial charge in [-0.05, 0) is 41.8 Å². The van der Waals surface area contributed by atoms with Crippen LogP contribution in [0.1, 0.15) is 16.7 Å². The minimum atomic E-state index is -4.36. The molecule has 0 saturated heterocycles. The number of allylic oxidation sites excluding steroid dienone is 1. The molecule has 126 valence electrons. The molecule has 2 nitrogen and oxygen atoms in total. The van der Waals surface area contributed by atoms with E-state index in [4.69, 9.17) is 0 Å². The highest BCUT2D eigenvalue weighted by Crippen LogP contribution is 2.33. The molecule has 0 amide bonds. The minimum Gasteiger partial charge on any atom is -0.332 e. The Bertz CT molecular complexity index is 957. The van der Waals surface area contributed by atoms with E-state index in [1.807, 2.05) is 11.4 Å². The van der Waals surface area contributed by atoms with E-state index in [0.29, 0.717) is 10.8 Å². The third kappa shape index (κ3) is 3.30. The molecule has 1 aliphatic rings. The maximum Gasteiger partial charge on any atom is 0.416 e. The van der Waals surface area contributed by atoms with Crippen molar-refractivity contribution in [2.24, 2.45) is 0 Å². The first kappa shape index (κ1) is 15.9. The lowest BCUT2D eigenvalue weighted by atomic mass is 10.0. The topological polar surface area (TPSA) is 24.9 Å². The van der Waals surface area contributed by atoms with Crippen molar-refractivity contribution in [3.05, 3.63) is 70.6 Å². The molecule has 0 radical (unpaired) electrons. The lowest BCUT2D eigenvalue weighted by Crippen LogP contribution is -2.05. The van der Waals surface area contributed by atoms with Crippen LogP contribution in [0.5, 0.6) is 0 Å². The summed E-state index contributed by atoms with van der Waals surface area (Å²) >= 11 is 1.37. The van der Waals surface area contributed by atoms with Gasteiger partial charge in [0.05, 0.1) is 11.3 Å². The molecule has 0 saturated carbocycles. The van der Waals surface area contributed by atoms with Crippen LogP contribution >= 0.6 is 11.3 Å². The molecule has 0 atom stereocenters. The third-order valence-electron chi connectivity index (χ3n) is 4.02. The van der Waals surface area contributed by atoms with Crippen LogP contribution in [-0.4, -0.2) is 4.98 Å². The van der Waals surface area contributed by atoms with E-state index in [2.05, 4.69) is 34.6 Å². The van der Waals surface area contributed by atoms with Crippen LogP contribution in [0.15, 0.2) is 53.9 Å². The molecule has 0 fully saturated rings. The van der Waals surface area contributed by atoms with Gasteiger partial charge in [-0.3, -0.25) is 0 Å². The van der Waals surface area contributed by atoms with Gasteiger partial charge in [-0.2, -0.15) is 13.2 Å². The normalized spacial score (nSPS) is 13.1. The number of nitrogens with one attached hydrogen (secondary N) is 1. The van der Waals surface area contributed by atoms with Gasteiger partial charge in [0.15, 0.2) is 5.13 Å². The summed E-state index contributed by atoms with van der Waals surface area (Å²) in [7, 11) is 0. The van der Waals surface area contributed by atoms with Gasteiger partial charge in [0.1, 0.15) is 0 Å². The molecular formula is C19H13F3N2S. The Morgan fingerprint density at radius 1 is 1.08 bits per heavy atom. The molecule has 0 bridgehead atoms. The number of rotatable bonds is 3. The lowest BCUT2D eigenvalue weighted by Gasteiger charge is -2.09. The van der Waals surface area contributed by atoms with Crippen LogP contribution in [0.2, 0.25) is 0 Å². The predicted molar refractivity (Wildman–Crippen MR) is 95.0 cm³/mol. The Morgan fingerprint density at radius 2 is 1.96 bits per heavy atom. The fourth-order valence-electron chi connectivity index (χ4n) is 2.78. The van der Waals surface area contributed by atoms with E-state index in [0.717, 1.165) is 29.8 Å². The van der Waals surface area contributed by atoms with Crippen molar-refractivity contribution in [2.45, 2.75) is 12.6 Å². The van der Waals surface area contributed by atoms with Crippen molar-refractivity contribution in [2.75, 3.05) is 5.32 Å². The number of anilines is 2. The van der Waals surface area contributed by atoms with Gasteiger partial charge in [0, 0.05) is 16.6 Å². The summed E-state index contributed by atoms with van der Waals surface area (Å²) in [6, 6.07) is 11.3. The third-order valence-corrected chi connectivity index (χ3v) is 4.78. The van der Waals surface area contributed by atoms with Crippen molar-refractivity contribution in [1.29, 1.82) is 0 Å². The van der Waals surface area contributed by atoms with Crippen LogP contribution in [0.4, 0.5) is 24.0 Å². The first-order chi connectivity index (χ1) is 12.0. The summed E-state index contributed by atoms with van der Waals surface area (Å²) in [6.07, 6.45) is 0.781. The molecule has 1 N–H and O–H groups in total. The highest BCUT2D eigenvalue weighted by molar-refractivity contribution is 7.14. The van der Waals surface area contributed by atoms with Crippen molar-refractivity contribution >= 4 is 28.2 Å². The van der Waals surface area contributed by atoms with E-state index in [1.165, 1.54) is 28.5 Å². The molecule has 0 aliphatic heterocycles. The van der Waals surface area contributed by atoms with Gasteiger partial charge in [-0.25, -0.2) is 4.98 Å². The molecule has 1 aliphatic carbocycles. The molecule has 0 spiro atoms. The molecule has 6 heteroatoms. The van der Waals surface area contributed by atoms with E-state index >= 15 is 0 Å². The van der Waals surface area contributed by atoms with Crippen LogP contribution in [0.3, 0.4) is 0 Å². The van der Waals surface area contributed by atoms with Gasteiger partial charge in [-0.1, -0.05) is 30.4 Å². The SMILES string of the molecule is FC(F)(F)c1cccc(Nc2nc(-c3ccc4c(c3)CC=C4)cs2)c1. The molecule has 25 heavy (non-hydrogen) atoms. The van der Waals surface area contributed by atoms with Gasteiger partial charge >= 0.3 is 6.18 Å². The molecule has 1 heterocycles. The van der Waals surface area contributed by atoms with Crippen LogP contribution in [0.25, 0.3) is 17.3 Å². The van der Waals surface area contributed by atoms with Crippen molar-refractivity contribution in [3.8, 4) is 11.3 Å². The average molecular weight is 358 g/mol. The van der Waals surface area contributed by atoms with E-state index in [-0.39, 0.29) is 0 Å². The number of nitrogens with zero attached hydrogens (tertiary/aromatic N) is 1. The Hall–Kier alpha value is -2.60. The average Bonchev–Trinajstić information content (AvgIpc) is 3.22. The zero-order chi connectivity index (χ0) is 17.4. The molecule has 4 rings (SSSR count). The van der Waals surface area contributed by atoms with Gasteiger partial charge in [0.25, 0.3) is 0 Å². The number of aromatic nitrogens is 1. The van der Waals surface area contributed by atoms with Crippen molar-refractivity contribution < 1.29 is 13.2 Å². The maximum absolute atomic E-state index is 12.8. The highest BCUT2D eigenvalue weighted by Gasteiger charge is 2.30. The second kappa shape index (κ2) is 6.04. The largest absolute Gasteiger partial charge is 0.416 e. The summed E-state index contributed by atoms with van der Waals surface area (Å²) in [4.78, 5) is 4.50. The summed E-state index contributed by atoms with van der Waals surface area (Å²) in [5.74, 6) is 0. The Morgan fingerprint density at radius 3 is 2.80 bits per heavy atom. The highest BCUT2D eigenvalue weighted by atomic mass is 32.1. The number of fused-ring (bicyclic) bond motifs is 1. The quantitative estimate of drug-likeness (QED) is 0.608. The number of alkyl halides is 3. The van der Waals surface area contributed by atoms with Gasteiger partial charge in [-0.15, -0.1) is 11.3 Å².